The molecule has 1 N–H and O–H groups in total. The molecule has 0 saturated carbocycles. The molecule has 3 aromatic rings. The van der Waals surface area contributed by atoms with Gasteiger partial charge in [0.1, 0.15) is 0 Å². The lowest BCUT2D eigenvalue weighted by molar-refractivity contribution is -0.856. The number of nitrogens with zero attached hydrogens (tertiary/aromatic N) is 2. The van der Waals surface area contributed by atoms with Gasteiger partial charge in [0.05, 0.1) is 42.3 Å². The van der Waals surface area contributed by atoms with Gasteiger partial charge in [-0.15, -0.1) is 0 Å². The molecule has 0 fully saturated rings. The first-order valence-electron chi connectivity index (χ1n) is 8.94. The number of para-hydroxylation sites is 1. The molecule has 0 aliphatic carbocycles. The molecule has 0 radical (unpaired) electrons. The van der Waals surface area contributed by atoms with Crippen molar-refractivity contribution >= 4 is 42.4 Å². The molecule has 0 aliphatic rings. The van der Waals surface area contributed by atoms with E-state index in [9.17, 15) is 13.2 Å². The summed E-state index contributed by atoms with van der Waals surface area (Å²) in [5.74, 6) is -0.182. The number of fused-ring (bicyclic) bond motifs is 1. The van der Waals surface area contributed by atoms with Gasteiger partial charge in [-0.05, 0) is 42.8 Å². The average Bonchev–Trinajstić information content (AvgIpc) is 3.06. The zero-order valence-corrected chi connectivity index (χ0v) is 18.0. The van der Waals surface area contributed by atoms with Gasteiger partial charge in [-0.2, -0.15) is 0 Å². The smallest absolute Gasteiger partial charge is 0.260 e. The Morgan fingerprint density at radius 3 is 2.39 bits per heavy atom. The molecule has 0 unspecified atom stereocenters. The van der Waals surface area contributed by atoms with Crippen molar-refractivity contribution in [3.8, 4) is 0 Å². The molecule has 6 nitrogen and oxygen atoms in total. The van der Waals surface area contributed by atoms with Crippen LogP contribution in [-0.4, -0.2) is 52.7 Å². The highest BCUT2D eigenvalue weighted by Crippen LogP contribution is 2.31. The van der Waals surface area contributed by atoms with Crippen molar-refractivity contribution in [2.45, 2.75) is 11.8 Å². The molecular weight excluding hydrogens is 394 g/mol. The van der Waals surface area contributed by atoms with Crippen LogP contribution < -0.4 is 9.80 Å². The number of sulfone groups is 1. The molecule has 1 amide bonds. The number of likely N-dealkylation sites (N-methyl/N-ethyl adjacent to an activating group) is 1. The van der Waals surface area contributed by atoms with Crippen molar-refractivity contribution in [3.05, 3.63) is 53.6 Å². The van der Waals surface area contributed by atoms with Gasteiger partial charge in [-0.3, -0.25) is 9.69 Å². The highest BCUT2D eigenvalue weighted by atomic mass is 32.2. The summed E-state index contributed by atoms with van der Waals surface area (Å²) in [5.41, 5.74) is 2.42. The van der Waals surface area contributed by atoms with Crippen LogP contribution in [0.5, 0.6) is 0 Å². The Balaban J connectivity index is 1.98. The van der Waals surface area contributed by atoms with Gasteiger partial charge in [0.2, 0.25) is 0 Å². The zero-order chi connectivity index (χ0) is 20.5. The first-order chi connectivity index (χ1) is 13.2. The molecule has 1 aromatic heterocycles. The molecular formula is C20H24N3O3S2+. The second kappa shape index (κ2) is 7.98. The number of aromatic nitrogens is 1. The maximum atomic E-state index is 13.2. The summed E-state index contributed by atoms with van der Waals surface area (Å²) in [5, 5.41) is 0.655. The van der Waals surface area contributed by atoms with Crippen LogP contribution in [-0.2, 0) is 9.84 Å². The minimum atomic E-state index is -3.30. The minimum Gasteiger partial charge on any atom is -0.338 e. The third-order valence-corrected chi connectivity index (χ3v) is 6.62. The summed E-state index contributed by atoms with van der Waals surface area (Å²) >= 11 is 1.49. The highest BCUT2D eigenvalue weighted by Gasteiger charge is 2.23. The third kappa shape index (κ3) is 4.40. The number of hydrogen-bond donors (Lipinski definition) is 1. The normalized spacial score (nSPS) is 11.9. The fraction of sp³-hybridized carbons (Fsp3) is 0.300. The number of rotatable bonds is 6. The Kier molecular flexibility index (Phi) is 5.83. The number of hydrogen-bond acceptors (Lipinski definition) is 5. The van der Waals surface area contributed by atoms with Gasteiger partial charge in [-0.25, -0.2) is 13.4 Å². The van der Waals surface area contributed by atoms with E-state index in [0.29, 0.717) is 17.2 Å². The quantitative estimate of drug-likeness (QED) is 0.663. The molecule has 148 valence electrons. The van der Waals surface area contributed by atoms with Gasteiger partial charge >= 0.3 is 0 Å². The fourth-order valence-corrected chi connectivity index (χ4v) is 4.51. The number of quaternary nitrogens is 1. The SMILES string of the molecule is Cc1cccc2sc(N(CC[NH+](C)C)C(=O)c3ccc(S(C)(=O)=O)cc3)nc12. The van der Waals surface area contributed by atoms with E-state index < -0.39 is 9.84 Å². The Bertz CT molecular complexity index is 1100. The predicted octanol–water partition coefficient (Wildman–Crippen LogP) is 1.80. The van der Waals surface area contributed by atoms with Crippen LogP contribution in [0.3, 0.4) is 0 Å². The lowest BCUT2D eigenvalue weighted by Gasteiger charge is -2.20. The second-order valence-corrected chi connectivity index (χ2v) is 10.2. The minimum absolute atomic E-state index is 0.182. The summed E-state index contributed by atoms with van der Waals surface area (Å²) in [6.07, 6.45) is 1.15. The number of nitrogens with one attached hydrogen (secondary N) is 1. The van der Waals surface area contributed by atoms with E-state index in [0.717, 1.165) is 28.6 Å². The van der Waals surface area contributed by atoms with E-state index in [2.05, 4.69) is 0 Å². The molecule has 2 aromatic carbocycles. The number of amides is 1. The summed E-state index contributed by atoms with van der Waals surface area (Å²) < 4.78 is 24.4. The van der Waals surface area contributed by atoms with E-state index >= 15 is 0 Å². The summed E-state index contributed by atoms with van der Waals surface area (Å²) in [4.78, 5) is 21.0. The van der Waals surface area contributed by atoms with Crippen molar-refractivity contribution in [2.24, 2.45) is 0 Å². The van der Waals surface area contributed by atoms with E-state index in [1.807, 2.05) is 39.2 Å². The fourth-order valence-electron chi connectivity index (χ4n) is 2.81. The van der Waals surface area contributed by atoms with E-state index in [-0.39, 0.29) is 10.8 Å². The van der Waals surface area contributed by atoms with Crippen molar-refractivity contribution in [3.63, 3.8) is 0 Å². The Hall–Kier alpha value is -2.29. The Morgan fingerprint density at radius 2 is 1.82 bits per heavy atom. The lowest BCUT2D eigenvalue weighted by atomic mass is 10.2. The standard InChI is InChI=1S/C20H23N3O3S2/c1-14-6-5-7-17-18(14)21-20(27-17)23(13-12-22(2)3)19(24)15-8-10-16(11-9-15)28(4,25)26/h5-11H,12-13H2,1-4H3/p+1. The van der Waals surface area contributed by atoms with Crippen LogP contribution in [0.25, 0.3) is 10.2 Å². The number of thiazole rings is 1. The van der Waals surface area contributed by atoms with E-state index in [1.165, 1.54) is 28.4 Å². The van der Waals surface area contributed by atoms with Crippen LogP contribution in [0.1, 0.15) is 15.9 Å². The van der Waals surface area contributed by atoms with Gasteiger partial charge in [0.15, 0.2) is 15.0 Å². The first-order valence-corrected chi connectivity index (χ1v) is 11.6. The molecule has 28 heavy (non-hydrogen) atoms. The van der Waals surface area contributed by atoms with Crippen molar-refractivity contribution in [1.29, 1.82) is 0 Å². The van der Waals surface area contributed by atoms with Gasteiger partial charge in [-0.1, -0.05) is 23.5 Å². The van der Waals surface area contributed by atoms with Crippen molar-refractivity contribution in [2.75, 3.05) is 38.3 Å². The molecule has 0 saturated heterocycles. The largest absolute Gasteiger partial charge is 0.338 e. The molecule has 0 aliphatic heterocycles. The number of carbonyl (C=O) groups excluding carboxylic acids is 1. The molecule has 1 heterocycles. The van der Waals surface area contributed by atoms with Crippen molar-refractivity contribution in [1.82, 2.24) is 4.98 Å². The van der Waals surface area contributed by atoms with Crippen LogP contribution in [0.2, 0.25) is 0 Å². The summed E-state index contributed by atoms with van der Waals surface area (Å²) in [6, 6.07) is 12.1. The molecule has 3 rings (SSSR count). The van der Waals surface area contributed by atoms with E-state index in [4.69, 9.17) is 4.98 Å². The Morgan fingerprint density at radius 1 is 1.14 bits per heavy atom. The maximum absolute atomic E-state index is 13.2. The molecule has 0 spiro atoms. The summed E-state index contributed by atoms with van der Waals surface area (Å²) in [6.45, 7) is 3.29. The van der Waals surface area contributed by atoms with Gasteiger partial charge in [0.25, 0.3) is 5.91 Å². The van der Waals surface area contributed by atoms with Crippen LogP contribution >= 0.6 is 11.3 Å². The maximum Gasteiger partial charge on any atom is 0.260 e. The van der Waals surface area contributed by atoms with Crippen LogP contribution in [0.15, 0.2) is 47.4 Å². The third-order valence-electron chi connectivity index (χ3n) is 4.45. The molecule has 8 heteroatoms. The number of anilines is 1. The molecule has 0 bridgehead atoms. The first kappa shape index (κ1) is 20.4. The topological polar surface area (TPSA) is 71.8 Å². The van der Waals surface area contributed by atoms with Crippen LogP contribution in [0.4, 0.5) is 5.13 Å². The average molecular weight is 419 g/mol. The zero-order valence-electron chi connectivity index (χ0n) is 16.4. The van der Waals surface area contributed by atoms with Gasteiger partial charge < -0.3 is 4.90 Å². The number of benzene rings is 2. The number of aryl methyl sites for hydroxylation is 1. The predicted molar refractivity (Wildman–Crippen MR) is 113 cm³/mol. The monoisotopic (exact) mass is 418 g/mol. The highest BCUT2D eigenvalue weighted by molar-refractivity contribution is 7.90. The number of carbonyl (C=O) groups is 1. The Labute approximate surface area is 169 Å². The van der Waals surface area contributed by atoms with Crippen LogP contribution in [0, 0.1) is 6.92 Å². The second-order valence-electron chi connectivity index (χ2n) is 7.13. The van der Waals surface area contributed by atoms with E-state index in [1.54, 1.807) is 17.0 Å². The molecule has 0 atom stereocenters. The lowest BCUT2D eigenvalue weighted by Crippen LogP contribution is -3.06. The van der Waals surface area contributed by atoms with Gasteiger partial charge in [0, 0.05) is 11.8 Å². The summed E-state index contributed by atoms with van der Waals surface area (Å²) in [7, 11) is 0.768. The van der Waals surface area contributed by atoms with Crippen molar-refractivity contribution < 1.29 is 18.1 Å².